The highest BCUT2D eigenvalue weighted by molar-refractivity contribution is 6.02. The monoisotopic (exact) mass is 431 g/mol. The molecule has 162 valence electrons. The zero-order chi connectivity index (χ0) is 22.2. The topological polar surface area (TPSA) is 86.4 Å². The van der Waals surface area contributed by atoms with Crippen molar-refractivity contribution in [3.8, 4) is 17.2 Å². The summed E-state index contributed by atoms with van der Waals surface area (Å²) in [7, 11) is 3.26. The summed E-state index contributed by atoms with van der Waals surface area (Å²) in [6.07, 6.45) is 0.0814. The molecule has 3 aromatic carbocycles. The minimum atomic E-state index is -0.587. The lowest BCUT2D eigenvalue weighted by Crippen LogP contribution is -2.33. The largest absolute Gasteiger partial charge is 0.497 e. The van der Waals surface area contributed by atoms with E-state index in [1.807, 2.05) is 53.5 Å². The van der Waals surface area contributed by atoms with Crippen LogP contribution in [0.4, 0.5) is 5.69 Å². The second-order valence-corrected chi connectivity index (χ2v) is 7.60. The lowest BCUT2D eigenvalue weighted by atomic mass is 9.95. The lowest BCUT2D eigenvalue weighted by molar-refractivity contribution is -0.385. The van der Waals surface area contributed by atoms with Crippen molar-refractivity contribution in [2.75, 3.05) is 14.2 Å². The van der Waals surface area contributed by atoms with Gasteiger partial charge in [0.05, 0.1) is 30.9 Å². The van der Waals surface area contributed by atoms with Gasteiger partial charge in [-0.2, -0.15) is 5.10 Å². The van der Waals surface area contributed by atoms with Crippen LogP contribution in [0.15, 0.2) is 71.8 Å². The molecule has 0 spiro atoms. The summed E-state index contributed by atoms with van der Waals surface area (Å²) in [4.78, 5) is 10.9. The molecule has 2 aliphatic rings. The van der Waals surface area contributed by atoms with Gasteiger partial charge in [-0.25, -0.2) is 5.01 Å². The number of fused-ring (bicyclic) bond motifs is 3. The van der Waals surface area contributed by atoms with Crippen molar-refractivity contribution in [2.24, 2.45) is 5.10 Å². The molecule has 2 atom stereocenters. The van der Waals surface area contributed by atoms with Gasteiger partial charge in [-0.1, -0.05) is 12.1 Å². The minimum absolute atomic E-state index is 0.0155. The van der Waals surface area contributed by atoms with E-state index in [0.29, 0.717) is 12.0 Å². The van der Waals surface area contributed by atoms with Crippen molar-refractivity contribution >= 4 is 11.4 Å². The summed E-state index contributed by atoms with van der Waals surface area (Å²) in [6.45, 7) is 0. The molecule has 2 heterocycles. The second-order valence-electron chi connectivity index (χ2n) is 7.60. The molecular formula is C24H21N3O5. The van der Waals surface area contributed by atoms with Gasteiger partial charge in [0.2, 0.25) is 6.23 Å². The molecule has 0 unspecified atom stereocenters. The maximum Gasteiger partial charge on any atom is 0.269 e. The molecule has 32 heavy (non-hydrogen) atoms. The molecular weight excluding hydrogens is 410 g/mol. The number of nitro groups is 1. The summed E-state index contributed by atoms with van der Waals surface area (Å²) < 4.78 is 17.0. The van der Waals surface area contributed by atoms with Crippen molar-refractivity contribution in [2.45, 2.75) is 18.7 Å². The SMILES string of the molecule is COc1ccc(C2=NN3[C@@H](c4cccc([N+](=O)[O-])c4)Oc4ccc(OC)cc4[C@@H]3C2)cc1. The molecule has 0 amide bonds. The summed E-state index contributed by atoms with van der Waals surface area (Å²) in [6, 6.07) is 19.9. The molecule has 5 rings (SSSR count). The first-order chi connectivity index (χ1) is 15.6. The number of rotatable bonds is 5. The number of methoxy groups -OCH3 is 2. The molecule has 0 radical (unpaired) electrons. The summed E-state index contributed by atoms with van der Waals surface area (Å²) in [5, 5.41) is 18.1. The molecule has 3 aromatic rings. The number of hydrogen-bond donors (Lipinski definition) is 0. The Hall–Kier alpha value is -4.07. The number of hydrogen-bond acceptors (Lipinski definition) is 7. The highest BCUT2D eigenvalue weighted by atomic mass is 16.6. The van der Waals surface area contributed by atoms with E-state index < -0.39 is 11.2 Å². The van der Waals surface area contributed by atoms with Crippen molar-refractivity contribution in [3.63, 3.8) is 0 Å². The lowest BCUT2D eigenvalue weighted by Gasteiger charge is -2.38. The molecule has 0 N–H and O–H groups in total. The van der Waals surface area contributed by atoms with Gasteiger partial charge in [0.1, 0.15) is 17.2 Å². The summed E-state index contributed by atoms with van der Waals surface area (Å²) in [5.74, 6) is 2.23. The van der Waals surface area contributed by atoms with Crippen LogP contribution in [0.25, 0.3) is 0 Å². The van der Waals surface area contributed by atoms with Crippen molar-refractivity contribution in [1.82, 2.24) is 5.01 Å². The maximum absolute atomic E-state index is 11.3. The normalized spacial score (nSPS) is 18.8. The van der Waals surface area contributed by atoms with Gasteiger partial charge in [-0.05, 0) is 48.0 Å². The fourth-order valence-corrected chi connectivity index (χ4v) is 4.16. The van der Waals surface area contributed by atoms with Crippen LogP contribution in [0.3, 0.4) is 0 Å². The van der Waals surface area contributed by atoms with Crippen molar-refractivity contribution in [1.29, 1.82) is 0 Å². The van der Waals surface area contributed by atoms with E-state index in [2.05, 4.69) is 0 Å². The Balaban J connectivity index is 1.58. The van der Waals surface area contributed by atoms with E-state index in [1.54, 1.807) is 20.3 Å². The predicted octanol–water partition coefficient (Wildman–Crippen LogP) is 4.85. The van der Waals surface area contributed by atoms with Crippen LogP contribution in [0.5, 0.6) is 17.2 Å². The van der Waals surface area contributed by atoms with E-state index in [1.165, 1.54) is 12.1 Å². The van der Waals surface area contributed by atoms with Gasteiger partial charge in [-0.15, -0.1) is 0 Å². The molecule has 0 bridgehead atoms. The first kappa shape index (κ1) is 19.9. The van der Waals surface area contributed by atoms with Crippen LogP contribution in [0, 0.1) is 10.1 Å². The quantitative estimate of drug-likeness (QED) is 0.424. The maximum atomic E-state index is 11.3. The number of benzene rings is 3. The number of ether oxygens (including phenoxy) is 3. The smallest absolute Gasteiger partial charge is 0.269 e. The van der Waals surface area contributed by atoms with Crippen LogP contribution in [0.1, 0.15) is 35.4 Å². The van der Waals surface area contributed by atoms with Crippen LogP contribution in [0.2, 0.25) is 0 Å². The van der Waals surface area contributed by atoms with E-state index in [9.17, 15) is 10.1 Å². The molecule has 2 aliphatic heterocycles. The number of hydrazone groups is 1. The van der Waals surface area contributed by atoms with E-state index in [0.717, 1.165) is 34.1 Å². The predicted molar refractivity (Wildman–Crippen MR) is 118 cm³/mol. The molecule has 8 heteroatoms. The standard InChI is InChI=1S/C24H21N3O5/c1-30-18-8-6-15(7-9-18)21-14-22-20-13-19(31-2)10-11-23(20)32-24(26(22)25-21)16-4-3-5-17(12-16)27(28)29/h3-13,22,24H,14H2,1-2H3/t22-,24+/m0/s1. The number of nitrogens with zero attached hydrogens (tertiary/aromatic N) is 3. The van der Waals surface area contributed by atoms with Crippen LogP contribution in [-0.4, -0.2) is 29.9 Å². The van der Waals surface area contributed by atoms with Gasteiger partial charge >= 0.3 is 0 Å². The van der Waals surface area contributed by atoms with Crippen molar-refractivity contribution in [3.05, 3.63) is 93.5 Å². The van der Waals surface area contributed by atoms with Crippen LogP contribution >= 0.6 is 0 Å². The Labute approximate surface area is 184 Å². The fraction of sp³-hybridized carbons (Fsp3) is 0.208. The molecule has 0 fully saturated rings. The zero-order valence-electron chi connectivity index (χ0n) is 17.6. The van der Waals surface area contributed by atoms with Gasteiger partial charge in [0.25, 0.3) is 5.69 Å². The minimum Gasteiger partial charge on any atom is -0.497 e. The number of nitro benzene ring substituents is 1. The summed E-state index contributed by atoms with van der Waals surface area (Å²) >= 11 is 0. The first-order valence-electron chi connectivity index (χ1n) is 10.2. The van der Waals surface area contributed by atoms with Gasteiger partial charge < -0.3 is 14.2 Å². The first-order valence-corrected chi connectivity index (χ1v) is 10.2. The van der Waals surface area contributed by atoms with Gasteiger partial charge in [0.15, 0.2) is 0 Å². The third-order valence-corrected chi connectivity index (χ3v) is 5.79. The second kappa shape index (κ2) is 7.88. The van der Waals surface area contributed by atoms with E-state index in [4.69, 9.17) is 19.3 Å². The average molecular weight is 431 g/mol. The molecule has 0 aromatic heterocycles. The van der Waals surface area contributed by atoms with Crippen LogP contribution < -0.4 is 14.2 Å². The Bertz CT molecular complexity index is 1210. The van der Waals surface area contributed by atoms with E-state index >= 15 is 0 Å². The Morgan fingerprint density at radius 3 is 2.50 bits per heavy atom. The molecule has 0 aliphatic carbocycles. The Morgan fingerprint density at radius 2 is 1.78 bits per heavy atom. The third kappa shape index (κ3) is 3.39. The molecule has 0 saturated carbocycles. The van der Waals surface area contributed by atoms with Crippen LogP contribution in [-0.2, 0) is 0 Å². The Morgan fingerprint density at radius 1 is 1.03 bits per heavy atom. The van der Waals surface area contributed by atoms with Gasteiger partial charge in [0, 0.05) is 29.7 Å². The highest BCUT2D eigenvalue weighted by Gasteiger charge is 2.41. The molecule has 0 saturated heterocycles. The highest BCUT2D eigenvalue weighted by Crippen LogP contribution is 2.48. The number of non-ortho nitro benzene ring substituents is 1. The average Bonchev–Trinajstić information content (AvgIpc) is 3.29. The third-order valence-electron chi connectivity index (χ3n) is 5.79. The molecule has 8 nitrogen and oxygen atoms in total. The Kier molecular flexibility index (Phi) is 4.89. The van der Waals surface area contributed by atoms with E-state index in [-0.39, 0.29) is 11.7 Å². The summed E-state index contributed by atoms with van der Waals surface area (Å²) in [5.41, 5.74) is 3.56. The fourth-order valence-electron chi connectivity index (χ4n) is 4.16. The van der Waals surface area contributed by atoms with Crippen molar-refractivity contribution < 1.29 is 19.1 Å². The zero-order valence-corrected chi connectivity index (χ0v) is 17.6. The van der Waals surface area contributed by atoms with Gasteiger partial charge in [-0.3, -0.25) is 10.1 Å².